The van der Waals surface area contributed by atoms with Crippen LogP contribution in [0, 0.1) is 0 Å². The smallest absolute Gasteiger partial charge is 0.263 e. The van der Waals surface area contributed by atoms with Crippen LogP contribution in [-0.4, -0.2) is 51.6 Å². The van der Waals surface area contributed by atoms with Gasteiger partial charge in [0, 0.05) is 13.1 Å². The SMILES string of the molecule is C[C@@H](Oc1ccc(S(=O)(=O)NCc2ccco2)cc1)C(=O)N1CCOCC1. The number of hydrogen-bond donors (Lipinski definition) is 1. The minimum Gasteiger partial charge on any atom is -0.481 e. The zero-order valence-corrected chi connectivity index (χ0v) is 15.8. The van der Waals surface area contributed by atoms with E-state index in [0.29, 0.717) is 37.8 Å². The number of carbonyl (C=O) groups excluding carboxylic acids is 1. The highest BCUT2D eigenvalue weighted by Gasteiger charge is 2.24. The van der Waals surface area contributed by atoms with Crippen LogP contribution < -0.4 is 9.46 Å². The van der Waals surface area contributed by atoms with Crippen LogP contribution >= 0.6 is 0 Å². The molecule has 1 N–H and O–H groups in total. The molecule has 1 saturated heterocycles. The Labute approximate surface area is 158 Å². The van der Waals surface area contributed by atoms with Crippen molar-refractivity contribution in [3.8, 4) is 5.75 Å². The summed E-state index contributed by atoms with van der Waals surface area (Å²) < 4.78 is 43.1. The van der Waals surface area contributed by atoms with Crippen molar-refractivity contribution in [2.45, 2.75) is 24.5 Å². The molecule has 0 radical (unpaired) electrons. The van der Waals surface area contributed by atoms with E-state index < -0.39 is 16.1 Å². The van der Waals surface area contributed by atoms with Gasteiger partial charge in [0.25, 0.3) is 5.91 Å². The van der Waals surface area contributed by atoms with Crippen LogP contribution in [0.4, 0.5) is 0 Å². The Morgan fingerprint density at radius 3 is 2.56 bits per heavy atom. The number of nitrogens with one attached hydrogen (secondary N) is 1. The summed E-state index contributed by atoms with van der Waals surface area (Å²) in [6.07, 6.45) is 0.817. The Balaban J connectivity index is 1.58. The number of carbonyl (C=O) groups is 1. The molecule has 1 fully saturated rings. The van der Waals surface area contributed by atoms with E-state index in [-0.39, 0.29) is 17.3 Å². The molecule has 2 heterocycles. The van der Waals surface area contributed by atoms with Gasteiger partial charge in [-0.1, -0.05) is 0 Å². The van der Waals surface area contributed by atoms with E-state index in [0.717, 1.165) is 0 Å². The lowest BCUT2D eigenvalue weighted by Crippen LogP contribution is -2.46. The molecule has 8 nitrogen and oxygen atoms in total. The largest absolute Gasteiger partial charge is 0.481 e. The number of nitrogens with zero attached hydrogens (tertiary/aromatic N) is 1. The van der Waals surface area contributed by atoms with E-state index >= 15 is 0 Å². The number of sulfonamides is 1. The Morgan fingerprint density at radius 2 is 1.93 bits per heavy atom. The molecule has 1 aliphatic rings. The number of morpholine rings is 1. The van der Waals surface area contributed by atoms with Crippen molar-refractivity contribution in [2.24, 2.45) is 0 Å². The summed E-state index contributed by atoms with van der Waals surface area (Å²) in [5.41, 5.74) is 0. The first kappa shape index (κ1) is 19.4. The third-order valence-electron chi connectivity index (χ3n) is 4.13. The molecular weight excluding hydrogens is 372 g/mol. The molecule has 2 aromatic rings. The van der Waals surface area contributed by atoms with Gasteiger partial charge < -0.3 is 18.8 Å². The van der Waals surface area contributed by atoms with Crippen LogP contribution in [0.25, 0.3) is 0 Å². The molecule has 0 unspecified atom stereocenters. The van der Waals surface area contributed by atoms with E-state index in [1.807, 2.05) is 0 Å². The highest BCUT2D eigenvalue weighted by molar-refractivity contribution is 7.89. The molecule has 0 bridgehead atoms. The van der Waals surface area contributed by atoms with Gasteiger partial charge in [0.05, 0.1) is 30.9 Å². The zero-order chi connectivity index (χ0) is 19.3. The predicted octanol–water partition coefficient (Wildman–Crippen LogP) is 1.38. The fraction of sp³-hybridized carbons (Fsp3) is 0.389. The average Bonchev–Trinajstić information content (AvgIpc) is 3.21. The molecule has 0 saturated carbocycles. The maximum atomic E-state index is 12.4. The first-order valence-corrected chi connectivity index (χ1v) is 10.1. The summed E-state index contributed by atoms with van der Waals surface area (Å²) in [7, 11) is -3.67. The molecule has 146 valence electrons. The van der Waals surface area contributed by atoms with Gasteiger partial charge in [-0.3, -0.25) is 4.79 Å². The lowest BCUT2D eigenvalue weighted by molar-refractivity contribution is -0.142. The van der Waals surface area contributed by atoms with Crippen molar-refractivity contribution < 1.29 is 27.1 Å². The normalized spacial score (nSPS) is 16.1. The number of ether oxygens (including phenoxy) is 2. The summed E-state index contributed by atoms with van der Waals surface area (Å²) >= 11 is 0. The standard InChI is InChI=1S/C18H22N2O6S/c1-14(18(21)20-8-11-24-12-9-20)26-15-4-6-17(7-5-15)27(22,23)19-13-16-3-2-10-25-16/h2-7,10,14,19H,8-9,11-13H2,1H3/t14-/m1/s1. The molecule has 1 aromatic carbocycles. The van der Waals surface area contributed by atoms with Crippen LogP contribution in [0.1, 0.15) is 12.7 Å². The molecular formula is C18H22N2O6S. The maximum Gasteiger partial charge on any atom is 0.263 e. The molecule has 27 heavy (non-hydrogen) atoms. The van der Waals surface area contributed by atoms with Gasteiger partial charge >= 0.3 is 0 Å². The van der Waals surface area contributed by atoms with Crippen LogP contribution in [0.3, 0.4) is 0 Å². The second-order valence-corrected chi connectivity index (χ2v) is 7.84. The number of amides is 1. The molecule has 1 atom stereocenters. The van der Waals surface area contributed by atoms with Crippen molar-refractivity contribution in [3.63, 3.8) is 0 Å². The summed E-state index contributed by atoms with van der Waals surface area (Å²) in [5.74, 6) is 0.832. The Hall–Kier alpha value is -2.36. The average molecular weight is 394 g/mol. The molecule has 9 heteroatoms. The van der Waals surface area contributed by atoms with Crippen molar-refractivity contribution in [3.05, 3.63) is 48.4 Å². The molecule has 3 rings (SSSR count). The van der Waals surface area contributed by atoms with Crippen LogP contribution in [0.15, 0.2) is 52.0 Å². The van der Waals surface area contributed by atoms with E-state index in [4.69, 9.17) is 13.9 Å². The molecule has 0 aliphatic carbocycles. The third kappa shape index (κ3) is 5.09. The highest BCUT2D eigenvalue weighted by atomic mass is 32.2. The van der Waals surface area contributed by atoms with E-state index in [1.165, 1.54) is 30.5 Å². The van der Waals surface area contributed by atoms with Crippen LogP contribution in [0.2, 0.25) is 0 Å². The lowest BCUT2D eigenvalue weighted by atomic mass is 10.3. The van der Waals surface area contributed by atoms with E-state index in [1.54, 1.807) is 24.0 Å². The van der Waals surface area contributed by atoms with Gasteiger partial charge in [0.1, 0.15) is 11.5 Å². The van der Waals surface area contributed by atoms with Gasteiger partial charge in [-0.05, 0) is 43.3 Å². The van der Waals surface area contributed by atoms with Gasteiger partial charge in [-0.25, -0.2) is 13.1 Å². The zero-order valence-electron chi connectivity index (χ0n) is 15.0. The Kier molecular flexibility index (Phi) is 6.15. The van der Waals surface area contributed by atoms with Gasteiger partial charge in [0.15, 0.2) is 6.10 Å². The minimum absolute atomic E-state index is 0.0681. The number of hydrogen-bond acceptors (Lipinski definition) is 6. The van der Waals surface area contributed by atoms with Crippen molar-refractivity contribution >= 4 is 15.9 Å². The monoisotopic (exact) mass is 394 g/mol. The molecule has 0 spiro atoms. The number of benzene rings is 1. The fourth-order valence-corrected chi connectivity index (χ4v) is 3.65. The summed E-state index contributed by atoms with van der Waals surface area (Å²) in [4.78, 5) is 14.2. The van der Waals surface area contributed by atoms with Crippen molar-refractivity contribution in [1.29, 1.82) is 0 Å². The first-order valence-electron chi connectivity index (χ1n) is 8.61. The second-order valence-electron chi connectivity index (χ2n) is 6.07. The quantitative estimate of drug-likeness (QED) is 0.762. The molecule has 1 amide bonds. The van der Waals surface area contributed by atoms with Gasteiger partial charge in [0.2, 0.25) is 10.0 Å². The first-order chi connectivity index (χ1) is 13.0. The minimum atomic E-state index is -3.67. The van der Waals surface area contributed by atoms with Crippen LogP contribution in [0.5, 0.6) is 5.75 Å². The Bertz CT molecular complexity index is 842. The topological polar surface area (TPSA) is 98.1 Å². The predicted molar refractivity (Wildman–Crippen MR) is 96.7 cm³/mol. The lowest BCUT2D eigenvalue weighted by Gasteiger charge is -2.29. The van der Waals surface area contributed by atoms with E-state index in [9.17, 15) is 13.2 Å². The van der Waals surface area contributed by atoms with E-state index in [2.05, 4.69) is 4.72 Å². The molecule has 1 aliphatic heterocycles. The molecule has 1 aromatic heterocycles. The summed E-state index contributed by atoms with van der Waals surface area (Å²) in [6.45, 7) is 3.88. The van der Waals surface area contributed by atoms with Gasteiger partial charge in [-0.15, -0.1) is 0 Å². The summed E-state index contributed by atoms with van der Waals surface area (Å²) in [6, 6.07) is 9.31. The van der Waals surface area contributed by atoms with Crippen molar-refractivity contribution in [1.82, 2.24) is 9.62 Å². The summed E-state index contributed by atoms with van der Waals surface area (Å²) in [5, 5.41) is 0. The maximum absolute atomic E-state index is 12.4. The Morgan fingerprint density at radius 1 is 1.22 bits per heavy atom. The fourth-order valence-electron chi connectivity index (χ4n) is 2.66. The number of furan rings is 1. The van der Waals surface area contributed by atoms with Gasteiger partial charge in [-0.2, -0.15) is 0 Å². The number of rotatable bonds is 7. The van der Waals surface area contributed by atoms with Crippen LogP contribution in [-0.2, 0) is 26.1 Å². The highest BCUT2D eigenvalue weighted by Crippen LogP contribution is 2.18. The second kappa shape index (κ2) is 8.55. The van der Waals surface area contributed by atoms with Crippen molar-refractivity contribution in [2.75, 3.05) is 26.3 Å². The third-order valence-corrected chi connectivity index (χ3v) is 5.55.